The normalized spacial score (nSPS) is 13.5. The number of nitrogens with one attached hydrogen (secondary N) is 1. The fourth-order valence-electron chi connectivity index (χ4n) is 5.04. The van der Waals surface area contributed by atoms with Gasteiger partial charge < -0.3 is 4.42 Å². The van der Waals surface area contributed by atoms with Gasteiger partial charge in [0.15, 0.2) is 5.13 Å². The van der Waals surface area contributed by atoms with Crippen molar-refractivity contribution in [1.29, 1.82) is 0 Å². The summed E-state index contributed by atoms with van der Waals surface area (Å²) in [6.45, 7) is 6.12. The van der Waals surface area contributed by atoms with E-state index in [9.17, 15) is 4.79 Å². The molecule has 0 spiro atoms. The zero-order valence-corrected chi connectivity index (χ0v) is 22.6. The summed E-state index contributed by atoms with van der Waals surface area (Å²) in [5, 5.41) is 4.41. The molecule has 1 aliphatic rings. The van der Waals surface area contributed by atoms with Crippen LogP contribution in [0.2, 0.25) is 0 Å². The number of anilines is 1. The molecule has 3 aromatic carbocycles. The Kier molecular flexibility index (Phi) is 6.42. The molecule has 0 aliphatic heterocycles. The van der Waals surface area contributed by atoms with Crippen LogP contribution in [0.4, 0.5) is 10.8 Å². The molecule has 6 rings (SSSR count). The Morgan fingerprint density at radius 2 is 1.76 bits per heavy atom. The van der Waals surface area contributed by atoms with Crippen LogP contribution in [-0.2, 0) is 12.8 Å². The molecule has 0 radical (unpaired) electrons. The fraction of sp³-hybridized carbons (Fsp3) is 0.219. The number of nitrogens with zero attached hydrogens (tertiary/aromatic N) is 2. The predicted molar refractivity (Wildman–Crippen MR) is 154 cm³/mol. The number of amides is 1. The zero-order valence-electron chi connectivity index (χ0n) is 21.8. The van der Waals surface area contributed by atoms with Crippen LogP contribution >= 0.6 is 11.3 Å². The van der Waals surface area contributed by atoms with Gasteiger partial charge in [0.25, 0.3) is 5.91 Å². The number of benzene rings is 3. The molecule has 190 valence electrons. The second kappa shape index (κ2) is 10.0. The van der Waals surface area contributed by atoms with E-state index in [0.717, 1.165) is 51.2 Å². The maximum absolute atomic E-state index is 13.6. The van der Waals surface area contributed by atoms with Crippen molar-refractivity contribution in [3.05, 3.63) is 105 Å². The second-order valence-corrected chi connectivity index (χ2v) is 11.1. The largest absolute Gasteiger partial charge is 0.438 e. The first-order valence-electron chi connectivity index (χ1n) is 13.0. The number of aromatic nitrogens is 1. The van der Waals surface area contributed by atoms with E-state index in [1.807, 2.05) is 62.4 Å². The first kappa shape index (κ1) is 24.3. The predicted octanol–water partition coefficient (Wildman–Crippen LogP) is 7.85. The first-order chi connectivity index (χ1) is 18.5. The molecule has 2 heterocycles. The third kappa shape index (κ3) is 4.68. The van der Waals surface area contributed by atoms with Gasteiger partial charge >= 0.3 is 0 Å². The summed E-state index contributed by atoms with van der Waals surface area (Å²) in [5.41, 5.74) is 9.16. The van der Waals surface area contributed by atoms with Gasteiger partial charge in [0.2, 0.25) is 5.55 Å². The van der Waals surface area contributed by atoms with E-state index < -0.39 is 0 Å². The number of hydrogen-bond acceptors (Lipinski definition) is 5. The zero-order chi connectivity index (χ0) is 26.2. The van der Waals surface area contributed by atoms with Crippen LogP contribution < -0.4 is 10.9 Å². The SMILES string of the molecule is Cc1cccc(N=c2oc3ccccc3cc2C(=O)Nc2nc(-c3ccc4c(c3)CCCC4)c(C)s2)c1C. The quantitative estimate of drug-likeness (QED) is 0.263. The molecule has 1 aliphatic carbocycles. The van der Waals surface area contributed by atoms with Crippen LogP contribution in [0.5, 0.6) is 0 Å². The summed E-state index contributed by atoms with van der Waals surface area (Å²) in [6.07, 6.45) is 4.77. The smallest absolute Gasteiger partial charge is 0.262 e. The van der Waals surface area contributed by atoms with Gasteiger partial charge in [-0.1, -0.05) is 42.5 Å². The standard InChI is InChI=1S/C32H29N3O2S/c1-19-9-8-13-27(20(19)2)33-31-26(18-24-12-6-7-14-28(24)37-31)30(36)35-32-34-29(21(3)38-32)25-16-15-22-10-4-5-11-23(22)17-25/h6-9,12-18H,4-5,10-11H2,1-3H3,(H,34,35,36). The third-order valence-corrected chi connectivity index (χ3v) is 8.22. The summed E-state index contributed by atoms with van der Waals surface area (Å²) >= 11 is 1.48. The van der Waals surface area contributed by atoms with E-state index in [1.54, 1.807) is 0 Å². The summed E-state index contributed by atoms with van der Waals surface area (Å²) in [6, 6.07) is 22.1. The lowest BCUT2D eigenvalue weighted by Crippen LogP contribution is -2.21. The Morgan fingerprint density at radius 1 is 0.947 bits per heavy atom. The van der Waals surface area contributed by atoms with Crippen LogP contribution in [0.15, 0.2) is 76.1 Å². The molecule has 0 atom stereocenters. The van der Waals surface area contributed by atoms with E-state index in [2.05, 4.69) is 30.4 Å². The molecule has 5 aromatic rings. The topological polar surface area (TPSA) is 67.5 Å². The minimum atomic E-state index is -0.297. The van der Waals surface area contributed by atoms with Gasteiger partial charge in [-0.05, 0) is 93.0 Å². The van der Waals surface area contributed by atoms with Gasteiger partial charge in [0.1, 0.15) is 11.1 Å². The van der Waals surface area contributed by atoms with Crippen LogP contribution in [0, 0.1) is 20.8 Å². The first-order valence-corrected chi connectivity index (χ1v) is 13.8. The highest BCUT2D eigenvalue weighted by Crippen LogP contribution is 2.33. The highest BCUT2D eigenvalue weighted by Gasteiger charge is 2.18. The Hall–Kier alpha value is -4.03. The molecule has 0 saturated heterocycles. The van der Waals surface area contributed by atoms with Gasteiger partial charge in [-0.25, -0.2) is 9.98 Å². The van der Waals surface area contributed by atoms with Gasteiger partial charge in [-0.2, -0.15) is 0 Å². The molecule has 5 nitrogen and oxygen atoms in total. The monoisotopic (exact) mass is 519 g/mol. The summed E-state index contributed by atoms with van der Waals surface area (Å²) in [7, 11) is 0. The molecule has 2 aromatic heterocycles. The second-order valence-electron chi connectivity index (χ2n) is 9.90. The molecular weight excluding hydrogens is 490 g/mol. The van der Waals surface area contributed by atoms with Gasteiger partial charge in [0.05, 0.1) is 11.4 Å². The van der Waals surface area contributed by atoms with Crippen molar-refractivity contribution >= 4 is 39.0 Å². The Labute approximate surface area is 225 Å². The fourth-order valence-corrected chi connectivity index (χ4v) is 5.87. The van der Waals surface area contributed by atoms with E-state index >= 15 is 0 Å². The van der Waals surface area contributed by atoms with Crippen LogP contribution in [0.25, 0.3) is 22.2 Å². The highest BCUT2D eigenvalue weighted by atomic mass is 32.1. The van der Waals surface area contributed by atoms with Crippen molar-refractivity contribution in [3.8, 4) is 11.3 Å². The van der Waals surface area contributed by atoms with Crippen molar-refractivity contribution in [1.82, 2.24) is 4.98 Å². The average molecular weight is 520 g/mol. The number of carbonyl (C=O) groups excluding carboxylic acids is 1. The minimum absolute atomic E-state index is 0.276. The molecule has 0 bridgehead atoms. The molecule has 1 N–H and O–H groups in total. The van der Waals surface area contributed by atoms with Crippen molar-refractivity contribution in [2.45, 2.75) is 46.5 Å². The number of carbonyl (C=O) groups is 1. The molecule has 0 fully saturated rings. The molecule has 1 amide bonds. The third-order valence-electron chi connectivity index (χ3n) is 7.34. The molecule has 6 heteroatoms. The number of thiazole rings is 1. The number of rotatable bonds is 4. The summed E-state index contributed by atoms with van der Waals surface area (Å²) < 4.78 is 6.16. The van der Waals surface area contributed by atoms with E-state index in [1.165, 1.54) is 35.3 Å². The van der Waals surface area contributed by atoms with Gasteiger partial charge in [-0.3, -0.25) is 10.1 Å². The van der Waals surface area contributed by atoms with Crippen molar-refractivity contribution < 1.29 is 9.21 Å². The van der Waals surface area contributed by atoms with Crippen molar-refractivity contribution in [3.63, 3.8) is 0 Å². The number of aryl methyl sites for hydroxylation is 4. The van der Waals surface area contributed by atoms with Crippen molar-refractivity contribution in [2.24, 2.45) is 4.99 Å². The average Bonchev–Trinajstić information content (AvgIpc) is 3.30. The number of fused-ring (bicyclic) bond motifs is 2. The number of para-hydroxylation sites is 1. The van der Waals surface area contributed by atoms with Gasteiger partial charge in [0, 0.05) is 15.8 Å². The van der Waals surface area contributed by atoms with E-state index in [-0.39, 0.29) is 11.5 Å². The van der Waals surface area contributed by atoms with Crippen LogP contribution in [-0.4, -0.2) is 10.9 Å². The maximum Gasteiger partial charge on any atom is 0.262 e. The molecule has 0 unspecified atom stereocenters. The summed E-state index contributed by atoms with van der Waals surface area (Å²) in [5.74, 6) is -0.297. The lowest BCUT2D eigenvalue weighted by Gasteiger charge is -2.16. The maximum atomic E-state index is 13.6. The lowest BCUT2D eigenvalue weighted by atomic mass is 9.90. The van der Waals surface area contributed by atoms with E-state index in [0.29, 0.717) is 16.3 Å². The molecule has 0 saturated carbocycles. The highest BCUT2D eigenvalue weighted by molar-refractivity contribution is 7.16. The van der Waals surface area contributed by atoms with Gasteiger partial charge in [-0.15, -0.1) is 11.3 Å². The minimum Gasteiger partial charge on any atom is -0.438 e. The Morgan fingerprint density at radius 3 is 2.63 bits per heavy atom. The molecular formula is C32H29N3O2S. The van der Waals surface area contributed by atoms with Crippen LogP contribution in [0.1, 0.15) is 50.3 Å². The lowest BCUT2D eigenvalue weighted by molar-refractivity contribution is 0.102. The van der Waals surface area contributed by atoms with Crippen LogP contribution in [0.3, 0.4) is 0 Å². The van der Waals surface area contributed by atoms with E-state index in [4.69, 9.17) is 14.4 Å². The number of hydrogen-bond donors (Lipinski definition) is 1. The molecule has 38 heavy (non-hydrogen) atoms. The summed E-state index contributed by atoms with van der Waals surface area (Å²) in [4.78, 5) is 24.3. The Balaban J connectivity index is 1.37. The van der Waals surface area contributed by atoms with Crippen molar-refractivity contribution in [2.75, 3.05) is 5.32 Å². The Bertz CT molecular complexity index is 1760.